The summed E-state index contributed by atoms with van der Waals surface area (Å²) in [5.41, 5.74) is 6.12. The van der Waals surface area contributed by atoms with Gasteiger partial charge in [-0.1, -0.05) is 13.8 Å². The first-order chi connectivity index (χ1) is 9.61. The van der Waals surface area contributed by atoms with E-state index in [0.717, 1.165) is 43.3 Å². The molecular weight excluding hydrogens is 306 g/mol. The van der Waals surface area contributed by atoms with Crippen LogP contribution in [0.2, 0.25) is 0 Å². The first kappa shape index (κ1) is 18.4. The minimum atomic E-state index is 0. The van der Waals surface area contributed by atoms with Crippen LogP contribution in [-0.2, 0) is 6.42 Å². The zero-order valence-corrected chi connectivity index (χ0v) is 14.5. The van der Waals surface area contributed by atoms with Gasteiger partial charge in [-0.3, -0.25) is 4.79 Å². The summed E-state index contributed by atoms with van der Waals surface area (Å²) in [6.07, 6.45) is 4.21. The molecule has 0 radical (unpaired) electrons. The van der Waals surface area contributed by atoms with Crippen molar-refractivity contribution in [2.45, 2.75) is 39.5 Å². The molecule has 1 fully saturated rings. The molecular formula is C15H26ClN3OS. The molecule has 120 valence electrons. The number of carbonyl (C=O) groups is 1. The van der Waals surface area contributed by atoms with E-state index < -0.39 is 0 Å². The van der Waals surface area contributed by atoms with E-state index in [9.17, 15) is 4.79 Å². The van der Waals surface area contributed by atoms with Gasteiger partial charge >= 0.3 is 0 Å². The molecule has 0 spiro atoms. The minimum absolute atomic E-state index is 0. The fraction of sp³-hybridized carbons (Fsp3) is 0.733. The molecule has 0 aliphatic carbocycles. The molecule has 1 unspecified atom stereocenters. The summed E-state index contributed by atoms with van der Waals surface area (Å²) in [4.78, 5) is 18.9. The highest BCUT2D eigenvalue weighted by molar-refractivity contribution is 7.09. The third kappa shape index (κ3) is 4.94. The van der Waals surface area contributed by atoms with Crippen LogP contribution in [0, 0.1) is 11.8 Å². The second-order valence-electron chi connectivity index (χ2n) is 5.89. The highest BCUT2D eigenvalue weighted by Crippen LogP contribution is 2.25. The molecule has 6 heteroatoms. The number of halogens is 1. The first-order valence-electron chi connectivity index (χ1n) is 7.55. The molecule has 0 aromatic carbocycles. The fourth-order valence-corrected chi connectivity index (χ4v) is 3.59. The van der Waals surface area contributed by atoms with Gasteiger partial charge in [0.15, 0.2) is 0 Å². The van der Waals surface area contributed by atoms with Crippen LogP contribution in [0.15, 0.2) is 5.38 Å². The van der Waals surface area contributed by atoms with Crippen LogP contribution in [0.5, 0.6) is 0 Å². The zero-order chi connectivity index (χ0) is 14.5. The average molecular weight is 332 g/mol. The maximum absolute atomic E-state index is 12.5. The molecule has 0 saturated carbocycles. The van der Waals surface area contributed by atoms with Crippen LogP contribution in [0.1, 0.15) is 48.6 Å². The molecule has 1 aromatic rings. The molecule has 4 nitrogen and oxygen atoms in total. The van der Waals surface area contributed by atoms with E-state index in [4.69, 9.17) is 5.73 Å². The number of nitrogens with two attached hydrogens (primary N) is 1. The standard InChI is InChI=1S/C15H25N3OS.ClH/c1-11(2)12-4-3-8-18(9-6-12)15(19)13-10-20-14(17-13)5-7-16;/h10-12H,3-9,16H2,1-2H3;1H. The normalized spacial score (nSPS) is 19.2. The third-order valence-corrected chi connectivity index (χ3v) is 5.04. The van der Waals surface area contributed by atoms with Gasteiger partial charge in [-0.15, -0.1) is 23.7 Å². The number of thiazole rings is 1. The predicted octanol–water partition coefficient (Wildman–Crippen LogP) is 2.96. The zero-order valence-electron chi connectivity index (χ0n) is 12.9. The Hall–Kier alpha value is -0.650. The van der Waals surface area contributed by atoms with E-state index >= 15 is 0 Å². The maximum Gasteiger partial charge on any atom is 0.273 e. The summed E-state index contributed by atoms with van der Waals surface area (Å²) in [6.45, 7) is 6.88. The summed E-state index contributed by atoms with van der Waals surface area (Å²) in [6, 6.07) is 0. The topological polar surface area (TPSA) is 59.2 Å². The maximum atomic E-state index is 12.5. The Morgan fingerprint density at radius 3 is 2.90 bits per heavy atom. The van der Waals surface area contributed by atoms with Gasteiger partial charge in [0.1, 0.15) is 5.69 Å². The number of carbonyl (C=O) groups excluding carboxylic acids is 1. The Bertz CT molecular complexity index is 450. The number of hydrogen-bond donors (Lipinski definition) is 1. The van der Waals surface area contributed by atoms with Crippen LogP contribution < -0.4 is 5.73 Å². The first-order valence-corrected chi connectivity index (χ1v) is 8.43. The highest BCUT2D eigenvalue weighted by Gasteiger charge is 2.24. The monoisotopic (exact) mass is 331 g/mol. The summed E-state index contributed by atoms with van der Waals surface area (Å²) in [7, 11) is 0. The van der Waals surface area contributed by atoms with Gasteiger partial charge in [-0.2, -0.15) is 0 Å². The second kappa shape index (κ2) is 8.71. The van der Waals surface area contributed by atoms with Crippen LogP contribution in [0.3, 0.4) is 0 Å². The number of rotatable bonds is 4. The molecule has 0 bridgehead atoms. The van der Waals surface area contributed by atoms with E-state index in [-0.39, 0.29) is 18.3 Å². The van der Waals surface area contributed by atoms with Gasteiger partial charge in [-0.05, 0) is 37.6 Å². The Morgan fingerprint density at radius 2 is 2.24 bits per heavy atom. The van der Waals surface area contributed by atoms with Crippen molar-refractivity contribution >= 4 is 29.7 Å². The SMILES string of the molecule is CC(C)C1CCCN(C(=O)c2csc(CCN)n2)CC1.Cl. The number of amides is 1. The van der Waals surface area contributed by atoms with Crippen molar-refractivity contribution < 1.29 is 4.79 Å². The lowest BCUT2D eigenvalue weighted by Gasteiger charge is -2.20. The van der Waals surface area contributed by atoms with Crippen LogP contribution in [0.4, 0.5) is 0 Å². The molecule has 2 heterocycles. The van der Waals surface area contributed by atoms with Gasteiger partial charge in [0, 0.05) is 24.9 Å². The van der Waals surface area contributed by atoms with Crippen molar-refractivity contribution in [1.82, 2.24) is 9.88 Å². The van der Waals surface area contributed by atoms with Crippen molar-refractivity contribution in [2.75, 3.05) is 19.6 Å². The average Bonchev–Trinajstić information content (AvgIpc) is 2.74. The lowest BCUT2D eigenvalue weighted by molar-refractivity contribution is 0.0753. The van der Waals surface area contributed by atoms with Gasteiger partial charge in [0.25, 0.3) is 5.91 Å². The predicted molar refractivity (Wildman–Crippen MR) is 90.2 cm³/mol. The molecule has 1 aromatic heterocycles. The van der Waals surface area contributed by atoms with Crippen LogP contribution >= 0.6 is 23.7 Å². The van der Waals surface area contributed by atoms with Crippen molar-refractivity contribution in [1.29, 1.82) is 0 Å². The van der Waals surface area contributed by atoms with Gasteiger partial charge in [0.05, 0.1) is 5.01 Å². The minimum Gasteiger partial charge on any atom is -0.337 e. The summed E-state index contributed by atoms with van der Waals surface area (Å²) >= 11 is 1.54. The van der Waals surface area contributed by atoms with E-state index in [1.165, 1.54) is 17.8 Å². The van der Waals surface area contributed by atoms with Crippen molar-refractivity contribution in [3.05, 3.63) is 16.1 Å². The Morgan fingerprint density at radius 1 is 1.48 bits per heavy atom. The highest BCUT2D eigenvalue weighted by atomic mass is 35.5. The van der Waals surface area contributed by atoms with Gasteiger partial charge < -0.3 is 10.6 Å². The second-order valence-corrected chi connectivity index (χ2v) is 6.84. The van der Waals surface area contributed by atoms with Crippen molar-refractivity contribution in [3.8, 4) is 0 Å². The number of nitrogens with zero attached hydrogens (tertiary/aromatic N) is 2. The lowest BCUT2D eigenvalue weighted by atomic mass is 9.89. The molecule has 1 atom stereocenters. The van der Waals surface area contributed by atoms with E-state index in [0.29, 0.717) is 18.2 Å². The van der Waals surface area contributed by atoms with Crippen LogP contribution in [0.25, 0.3) is 0 Å². The Labute approximate surface area is 137 Å². The van der Waals surface area contributed by atoms with Crippen molar-refractivity contribution in [3.63, 3.8) is 0 Å². The number of likely N-dealkylation sites (tertiary alicyclic amines) is 1. The molecule has 2 N–H and O–H groups in total. The van der Waals surface area contributed by atoms with Gasteiger partial charge in [-0.25, -0.2) is 4.98 Å². The largest absolute Gasteiger partial charge is 0.337 e. The molecule has 1 aliphatic rings. The van der Waals surface area contributed by atoms with Gasteiger partial charge in [0.2, 0.25) is 0 Å². The van der Waals surface area contributed by atoms with E-state index in [2.05, 4.69) is 18.8 Å². The van der Waals surface area contributed by atoms with Crippen LogP contribution in [-0.4, -0.2) is 35.4 Å². The Balaban J connectivity index is 0.00000220. The summed E-state index contributed by atoms with van der Waals surface area (Å²) < 4.78 is 0. The molecule has 1 amide bonds. The Kier molecular flexibility index (Phi) is 7.63. The third-order valence-electron chi connectivity index (χ3n) is 4.13. The summed E-state index contributed by atoms with van der Waals surface area (Å²) in [5.74, 6) is 1.55. The molecule has 2 rings (SSSR count). The molecule has 21 heavy (non-hydrogen) atoms. The molecule has 1 saturated heterocycles. The summed E-state index contributed by atoms with van der Waals surface area (Å²) in [5, 5.41) is 2.84. The smallest absolute Gasteiger partial charge is 0.273 e. The fourth-order valence-electron chi connectivity index (χ4n) is 2.80. The van der Waals surface area contributed by atoms with Crippen molar-refractivity contribution in [2.24, 2.45) is 17.6 Å². The van der Waals surface area contributed by atoms with E-state index in [1.807, 2.05) is 10.3 Å². The molecule has 1 aliphatic heterocycles. The number of aromatic nitrogens is 1. The quantitative estimate of drug-likeness (QED) is 0.922. The van der Waals surface area contributed by atoms with E-state index in [1.54, 1.807) is 0 Å². The lowest BCUT2D eigenvalue weighted by Crippen LogP contribution is -2.32. The number of hydrogen-bond acceptors (Lipinski definition) is 4.